The van der Waals surface area contributed by atoms with Crippen LogP contribution < -0.4 is 19.6 Å². The molecule has 1 N–H and O–H groups in total. The van der Waals surface area contributed by atoms with E-state index in [9.17, 15) is 24.3 Å². The first-order chi connectivity index (χ1) is 28.1. The van der Waals surface area contributed by atoms with Crippen LogP contribution >= 0.6 is 11.8 Å². The molecule has 0 bridgehead atoms. The fraction of sp³-hybridized carbons (Fsp3) is 0.217. The Morgan fingerprint density at radius 3 is 2.28 bits per heavy atom. The lowest BCUT2D eigenvalue weighted by atomic mass is 9.84. The van der Waals surface area contributed by atoms with Gasteiger partial charge in [-0.1, -0.05) is 48.5 Å². The summed E-state index contributed by atoms with van der Waals surface area (Å²) >= 11 is 1.36. The van der Waals surface area contributed by atoms with E-state index in [0.29, 0.717) is 28.4 Å². The highest BCUT2D eigenvalue weighted by Gasteiger charge is 2.65. The van der Waals surface area contributed by atoms with E-state index in [1.165, 1.54) is 35.9 Å². The molecule has 4 aromatic rings. The summed E-state index contributed by atoms with van der Waals surface area (Å²) in [7, 11) is 3.02. The number of thioether (sulfide) groups is 1. The number of ketones is 1. The zero-order valence-corrected chi connectivity index (χ0v) is 32.8. The minimum absolute atomic E-state index is 0.0466. The van der Waals surface area contributed by atoms with Crippen molar-refractivity contribution in [1.29, 1.82) is 0 Å². The maximum atomic E-state index is 13.6. The van der Waals surface area contributed by atoms with Gasteiger partial charge in [0.25, 0.3) is 5.91 Å². The molecule has 2 atom stereocenters. The highest BCUT2D eigenvalue weighted by Crippen LogP contribution is 2.50. The van der Waals surface area contributed by atoms with E-state index in [0.717, 1.165) is 44.5 Å². The molecule has 1 saturated heterocycles. The number of ether oxygens (including phenoxy) is 4. The average Bonchev–Trinajstić information content (AvgIpc) is 3.23. The van der Waals surface area contributed by atoms with Crippen molar-refractivity contribution in [2.45, 2.75) is 37.3 Å². The number of β-lactam (4-membered cyclic amide) rings is 1. The SMILES string of the molecule is COc1ccc(-c2c3ccc(=O)cc-3oc3cc(OCc4ccc(OCC5=C(C(=O)O)N6C(=O)[C@](CC(=O)Cc7ccccc7)(OC)[C@H]6SC5)cc4)ccc23)c(C)c1. The number of methoxy groups -OCH3 is 2. The van der Waals surface area contributed by atoms with E-state index in [1.54, 1.807) is 25.3 Å². The molecule has 0 radical (unpaired) electrons. The number of hydrogen-bond acceptors (Lipinski definition) is 10. The first-order valence-corrected chi connectivity index (χ1v) is 19.6. The number of nitrogens with zero attached hydrogens (tertiary/aromatic N) is 1. The number of aryl methyl sites for hydroxylation is 1. The molecular weight excluding hydrogens is 759 g/mol. The van der Waals surface area contributed by atoms with Gasteiger partial charge < -0.3 is 28.5 Å². The summed E-state index contributed by atoms with van der Waals surface area (Å²) in [6.07, 6.45) is -0.000748. The molecule has 1 aliphatic carbocycles. The number of carbonyl (C=O) groups is 3. The number of rotatable bonds is 14. The first kappa shape index (κ1) is 38.5. The lowest BCUT2D eigenvalue weighted by Crippen LogP contribution is -2.75. The monoisotopic (exact) mass is 797 g/mol. The maximum absolute atomic E-state index is 13.6. The van der Waals surface area contributed by atoms with Crippen molar-refractivity contribution in [2.24, 2.45) is 0 Å². The fourth-order valence-corrected chi connectivity index (χ4v) is 9.14. The molecule has 1 amide bonds. The standard InChI is InChI=1S/C46H39NO10S/c1-27-19-34(53-2)14-17-36(27)41-37-16-11-31(48)21-39(37)57-40-22-35(15-18-38(40)41)55-24-29-9-12-33(13-10-29)56-25-30-26-58-45-46(54-3,44(52)47(45)42(30)43(50)51)23-32(49)20-28-7-5-4-6-8-28/h4-19,21-22,45H,20,23-26H2,1-3H3,(H,50,51)/t45-,46+/m1/s1. The molecule has 4 aliphatic rings. The average molecular weight is 798 g/mol. The normalized spacial score (nSPS) is 17.5. The molecule has 0 aromatic heterocycles. The molecule has 0 spiro atoms. The molecule has 12 heteroatoms. The van der Waals surface area contributed by atoms with Crippen LogP contribution in [0.4, 0.5) is 0 Å². The van der Waals surface area contributed by atoms with Crippen molar-refractivity contribution in [3.63, 3.8) is 0 Å². The number of fused-ring (bicyclic) bond motifs is 3. The lowest BCUT2D eigenvalue weighted by molar-refractivity contribution is -0.186. The molecule has 3 aliphatic heterocycles. The Morgan fingerprint density at radius 2 is 1.55 bits per heavy atom. The Labute approximate surface area is 338 Å². The van der Waals surface area contributed by atoms with Crippen LogP contribution in [-0.2, 0) is 32.1 Å². The summed E-state index contributed by atoms with van der Waals surface area (Å²) in [6.45, 7) is 2.21. The van der Waals surface area contributed by atoms with Crippen LogP contribution in [0.2, 0.25) is 0 Å². The predicted molar refractivity (Wildman–Crippen MR) is 219 cm³/mol. The zero-order valence-electron chi connectivity index (χ0n) is 32.0. The summed E-state index contributed by atoms with van der Waals surface area (Å²) in [5, 5.41) is 10.4. The molecule has 0 unspecified atom stereocenters. The van der Waals surface area contributed by atoms with Gasteiger partial charge in [-0.15, -0.1) is 11.8 Å². The maximum Gasteiger partial charge on any atom is 0.352 e. The van der Waals surface area contributed by atoms with Gasteiger partial charge in [-0.05, 0) is 77.7 Å². The van der Waals surface area contributed by atoms with Gasteiger partial charge >= 0.3 is 5.97 Å². The number of aliphatic carboxylic acids is 1. The van der Waals surface area contributed by atoms with E-state index in [-0.39, 0.29) is 48.7 Å². The molecule has 4 aromatic carbocycles. The van der Waals surface area contributed by atoms with Crippen molar-refractivity contribution in [3.05, 3.63) is 147 Å². The van der Waals surface area contributed by atoms with E-state index < -0.39 is 22.9 Å². The third-order valence-corrected chi connectivity index (χ3v) is 12.0. The Hall–Kier alpha value is -6.37. The van der Waals surface area contributed by atoms with Gasteiger partial charge in [-0.25, -0.2) is 4.79 Å². The summed E-state index contributed by atoms with van der Waals surface area (Å²) in [5.74, 6) is 0.633. The lowest BCUT2D eigenvalue weighted by Gasteiger charge is -2.56. The van der Waals surface area contributed by atoms with E-state index in [4.69, 9.17) is 23.4 Å². The number of carboxylic acids is 1. The molecular formula is C46H39NO10S. The summed E-state index contributed by atoms with van der Waals surface area (Å²) in [4.78, 5) is 52.6. The van der Waals surface area contributed by atoms with Crippen LogP contribution in [0.25, 0.3) is 33.4 Å². The third kappa shape index (κ3) is 7.21. The topological polar surface area (TPSA) is 142 Å². The molecule has 58 heavy (non-hydrogen) atoms. The molecule has 1 fully saturated rings. The predicted octanol–water partition coefficient (Wildman–Crippen LogP) is 7.68. The van der Waals surface area contributed by atoms with E-state index >= 15 is 0 Å². The highest BCUT2D eigenvalue weighted by atomic mass is 32.2. The number of carbonyl (C=O) groups excluding carboxylic acids is 2. The van der Waals surface area contributed by atoms with Crippen LogP contribution in [0.3, 0.4) is 0 Å². The van der Waals surface area contributed by atoms with Crippen molar-refractivity contribution < 1.29 is 42.9 Å². The van der Waals surface area contributed by atoms with Gasteiger partial charge in [0.15, 0.2) is 11.0 Å². The fourth-order valence-electron chi connectivity index (χ4n) is 7.66. The molecule has 0 saturated carbocycles. The largest absolute Gasteiger partial charge is 0.497 e. The van der Waals surface area contributed by atoms with Crippen molar-refractivity contribution >= 4 is 40.4 Å². The minimum Gasteiger partial charge on any atom is -0.497 e. The second kappa shape index (κ2) is 15.9. The Morgan fingerprint density at radius 1 is 0.828 bits per heavy atom. The Kier molecular flexibility index (Phi) is 10.5. The van der Waals surface area contributed by atoms with Crippen molar-refractivity contribution in [3.8, 4) is 39.7 Å². The summed E-state index contributed by atoms with van der Waals surface area (Å²) < 4.78 is 29.5. The summed E-state index contributed by atoms with van der Waals surface area (Å²) in [6, 6.07) is 32.9. The van der Waals surface area contributed by atoms with Crippen LogP contribution in [-0.4, -0.2) is 65.2 Å². The molecule has 3 heterocycles. The van der Waals surface area contributed by atoms with Gasteiger partial charge in [-0.2, -0.15) is 0 Å². The first-order valence-electron chi connectivity index (χ1n) is 18.6. The van der Waals surface area contributed by atoms with Crippen LogP contribution in [0.5, 0.6) is 17.2 Å². The van der Waals surface area contributed by atoms with Gasteiger partial charge in [0.2, 0.25) is 0 Å². The molecule has 11 nitrogen and oxygen atoms in total. The number of amides is 1. The summed E-state index contributed by atoms with van der Waals surface area (Å²) in [5.41, 5.74) is 4.75. The number of carboxylic acid groups (broad SMARTS) is 1. The molecule has 294 valence electrons. The van der Waals surface area contributed by atoms with E-state index in [1.807, 2.05) is 85.8 Å². The highest BCUT2D eigenvalue weighted by molar-refractivity contribution is 8.00. The van der Waals surface area contributed by atoms with Crippen molar-refractivity contribution in [1.82, 2.24) is 4.90 Å². The van der Waals surface area contributed by atoms with Crippen molar-refractivity contribution in [2.75, 3.05) is 26.6 Å². The van der Waals surface area contributed by atoms with Crippen LogP contribution in [0.15, 0.2) is 130 Å². The Bertz CT molecular complexity index is 2620. The van der Waals surface area contributed by atoms with Gasteiger partial charge in [-0.3, -0.25) is 19.3 Å². The minimum atomic E-state index is -1.43. The number of benzene rings is 5. The smallest absolute Gasteiger partial charge is 0.352 e. The Balaban J connectivity index is 0.940. The zero-order chi connectivity index (χ0) is 40.6. The van der Waals surface area contributed by atoms with E-state index in [2.05, 4.69) is 0 Å². The van der Waals surface area contributed by atoms with Crippen LogP contribution in [0.1, 0.15) is 23.1 Å². The van der Waals surface area contributed by atoms with Gasteiger partial charge in [0.05, 0.1) is 7.11 Å². The molecule has 8 rings (SSSR count). The third-order valence-electron chi connectivity index (χ3n) is 10.6. The van der Waals surface area contributed by atoms with Gasteiger partial charge in [0.1, 0.15) is 58.7 Å². The number of hydrogen-bond donors (Lipinski definition) is 1. The second-order valence-corrected chi connectivity index (χ2v) is 15.3. The van der Waals surface area contributed by atoms with Crippen LogP contribution in [0, 0.1) is 6.92 Å². The quantitative estimate of drug-likeness (QED) is 0.0857. The number of Topliss-reactive ketones (excluding diaryl/α,β-unsaturated/α-hetero) is 1. The second-order valence-electron chi connectivity index (χ2n) is 14.3. The van der Waals surface area contributed by atoms with Gasteiger partial charge in [0, 0.05) is 59.9 Å².